The van der Waals surface area contributed by atoms with Gasteiger partial charge in [-0.25, -0.2) is 4.79 Å². The Morgan fingerprint density at radius 1 is 0.812 bits per heavy atom. The van der Waals surface area contributed by atoms with Crippen molar-refractivity contribution in [1.82, 2.24) is 16.0 Å². The summed E-state index contributed by atoms with van der Waals surface area (Å²) in [5.74, 6) is -1.95. The van der Waals surface area contributed by atoms with E-state index >= 15 is 0 Å². The van der Waals surface area contributed by atoms with Gasteiger partial charge in [-0.3, -0.25) is 14.4 Å². The molecule has 0 aliphatic carbocycles. The Bertz CT molecular complexity index is 627. The average Bonchev–Trinajstić information content (AvgIpc) is 2.66. The van der Waals surface area contributed by atoms with Crippen LogP contribution < -0.4 is 21.7 Å². The minimum Gasteiger partial charge on any atom is -0.480 e. The van der Waals surface area contributed by atoms with Crippen LogP contribution in [0, 0.1) is 17.8 Å². The van der Waals surface area contributed by atoms with Gasteiger partial charge >= 0.3 is 5.97 Å². The first kappa shape index (κ1) is 30.2. The predicted molar refractivity (Wildman–Crippen MR) is 128 cm³/mol. The minimum atomic E-state index is -1.12. The maximum absolute atomic E-state index is 13.0. The summed E-state index contributed by atoms with van der Waals surface area (Å²) in [6.45, 7) is 11.3. The highest BCUT2D eigenvalue weighted by molar-refractivity contribution is 7.98. The van der Waals surface area contributed by atoms with E-state index in [9.17, 15) is 24.3 Å². The van der Waals surface area contributed by atoms with Crippen LogP contribution in [0.4, 0.5) is 0 Å². The summed E-state index contributed by atoms with van der Waals surface area (Å²) in [7, 11) is 0. The van der Waals surface area contributed by atoms with Crippen molar-refractivity contribution in [3.05, 3.63) is 0 Å². The number of carboxylic acid groups (broad SMARTS) is 1. The number of thioether (sulfide) groups is 1. The maximum Gasteiger partial charge on any atom is 0.326 e. The largest absolute Gasteiger partial charge is 0.480 e. The van der Waals surface area contributed by atoms with Gasteiger partial charge in [-0.2, -0.15) is 11.8 Å². The summed E-state index contributed by atoms with van der Waals surface area (Å²) in [6.07, 6.45) is 3.00. The van der Waals surface area contributed by atoms with Crippen molar-refractivity contribution in [1.29, 1.82) is 0 Å². The summed E-state index contributed by atoms with van der Waals surface area (Å²) >= 11 is 1.49. The van der Waals surface area contributed by atoms with E-state index in [0.29, 0.717) is 18.6 Å². The average molecular weight is 475 g/mol. The summed E-state index contributed by atoms with van der Waals surface area (Å²) in [5, 5.41) is 17.3. The molecule has 186 valence electrons. The molecule has 0 bridgehead atoms. The molecule has 0 saturated heterocycles. The third kappa shape index (κ3) is 11.7. The molecule has 0 heterocycles. The molecule has 0 fully saturated rings. The van der Waals surface area contributed by atoms with Gasteiger partial charge in [0.05, 0.1) is 6.04 Å². The third-order valence-corrected chi connectivity index (χ3v) is 5.52. The van der Waals surface area contributed by atoms with Crippen LogP contribution in [0.2, 0.25) is 0 Å². The van der Waals surface area contributed by atoms with E-state index in [1.807, 2.05) is 34.0 Å². The lowest BCUT2D eigenvalue weighted by Crippen LogP contribution is -2.58. The van der Waals surface area contributed by atoms with Crippen molar-refractivity contribution in [2.45, 2.75) is 85.0 Å². The lowest BCUT2D eigenvalue weighted by atomic mass is 9.98. The number of carbonyl (C=O) groups is 4. The molecular formula is C22H42N4O5S. The van der Waals surface area contributed by atoms with Crippen molar-refractivity contribution in [2.75, 3.05) is 12.0 Å². The van der Waals surface area contributed by atoms with Gasteiger partial charge in [-0.1, -0.05) is 41.5 Å². The molecule has 32 heavy (non-hydrogen) atoms. The summed E-state index contributed by atoms with van der Waals surface area (Å²) in [6, 6.07) is -3.54. The fourth-order valence-corrected chi connectivity index (χ4v) is 3.61. The van der Waals surface area contributed by atoms with Crippen LogP contribution >= 0.6 is 11.8 Å². The zero-order valence-electron chi connectivity index (χ0n) is 20.4. The van der Waals surface area contributed by atoms with E-state index < -0.39 is 47.9 Å². The fourth-order valence-electron chi connectivity index (χ4n) is 3.14. The molecule has 4 unspecified atom stereocenters. The van der Waals surface area contributed by atoms with E-state index in [1.165, 1.54) is 11.8 Å². The van der Waals surface area contributed by atoms with Crippen molar-refractivity contribution in [3.8, 4) is 0 Å². The first-order chi connectivity index (χ1) is 14.8. The highest BCUT2D eigenvalue weighted by Crippen LogP contribution is 2.10. The van der Waals surface area contributed by atoms with Crippen LogP contribution in [-0.2, 0) is 19.2 Å². The van der Waals surface area contributed by atoms with Gasteiger partial charge in [0.2, 0.25) is 17.7 Å². The lowest BCUT2D eigenvalue weighted by Gasteiger charge is -2.28. The molecular weight excluding hydrogens is 432 g/mol. The zero-order valence-corrected chi connectivity index (χ0v) is 21.3. The lowest BCUT2D eigenvalue weighted by molar-refractivity contribution is -0.142. The summed E-state index contributed by atoms with van der Waals surface area (Å²) in [5.41, 5.74) is 5.95. The van der Waals surface area contributed by atoms with E-state index in [0.717, 1.165) is 0 Å². The van der Waals surface area contributed by atoms with Gasteiger partial charge in [-0.15, -0.1) is 0 Å². The number of carboxylic acids is 1. The Morgan fingerprint density at radius 2 is 1.34 bits per heavy atom. The van der Waals surface area contributed by atoms with Crippen molar-refractivity contribution in [3.63, 3.8) is 0 Å². The smallest absolute Gasteiger partial charge is 0.326 e. The highest BCUT2D eigenvalue weighted by Gasteiger charge is 2.32. The standard InChI is InChI=1S/C22H42N4O5S/c1-12(2)10-15(23)19(27)25-17(11-13(3)4)20(28)26-18(14(5)6)21(29)24-16(22(30)31)8-9-32-7/h12-18H,8-11,23H2,1-7H3,(H,24,29)(H,25,27)(H,26,28)(H,30,31). The van der Waals surface area contributed by atoms with Crippen LogP contribution in [0.15, 0.2) is 0 Å². The molecule has 3 amide bonds. The number of nitrogens with two attached hydrogens (primary N) is 1. The quantitative estimate of drug-likeness (QED) is 0.240. The topological polar surface area (TPSA) is 151 Å². The van der Waals surface area contributed by atoms with E-state index in [2.05, 4.69) is 16.0 Å². The van der Waals surface area contributed by atoms with E-state index in [-0.39, 0.29) is 24.2 Å². The number of amides is 3. The van der Waals surface area contributed by atoms with Gasteiger partial charge in [0.1, 0.15) is 18.1 Å². The first-order valence-electron chi connectivity index (χ1n) is 11.2. The number of hydrogen-bond acceptors (Lipinski definition) is 6. The molecule has 0 aromatic carbocycles. The van der Waals surface area contributed by atoms with Crippen molar-refractivity contribution >= 4 is 35.5 Å². The number of hydrogen-bond donors (Lipinski definition) is 5. The molecule has 4 atom stereocenters. The zero-order chi connectivity index (χ0) is 25.0. The molecule has 10 heteroatoms. The van der Waals surface area contributed by atoms with Gasteiger partial charge in [0.15, 0.2) is 0 Å². The summed E-state index contributed by atoms with van der Waals surface area (Å²) < 4.78 is 0. The van der Waals surface area contributed by atoms with Crippen LogP contribution in [0.5, 0.6) is 0 Å². The van der Waals surface area contributed by atoms with Gasteiger partial charge in [0, 0.05) is 0 Å². The van der Waals surface area contributed by atoms with Gasteiger partial charge in [0.25, 0.3) is 0 Å². The predicted octanol–water partition coefficient (Wildman–Crippen LogP) is 1.35. The molecule has 0 rings (SSSR count). The second-order valence-electron chi connectivity index (χ2n) is 9.34. The molecule has 0 aliphatic heterocycles. The molecule has 0 aromatic rings. The Kier molecular flexibility index (Phi) is 14.2. The second kappa shape index (κ2) is 15.1. The van der Waals surface area contributed by atoms with E-state index in [4.69, 9.17) is 5.73 Å². The Labute approximate surface area is 196 Å². The fraction of sp³-hybridized carbons (Fsp3) is 0.818. The first-order valence-corrected chi connectivity index (χ1v) is 12.6. The monoisotopic (exact) mass is 474 g/mol. The molecule has 0 spiro atoms. The van der Waals surface area contributed by atoms with Crippen molar-refractivity contribution in [2.24, 2.45) is 23.5 Å². The third-order valence-electron chi connectivity index (χ3n) is 4.87. The highest BCUT2D eigenvalue weighted by atomic mass is 32.2. The van der Waals surface area contributed by atoms with Crippen LogP contribution in [0.25, 0.3) is 0 Å². The normalized spacial score (nSPS) is 15.2. The Hall–Kier alpha value is -1.81. The number of carbonyl (C=O) groups excluding carboxylic acids is 3. The number of aliphatic carboxylic acids is 1. The molecule has 0 saturated carbocycles. The van der Waals surface area contributed by atoms with Crippen LogP contribution in [-0.4, -0.2) is 65.0 Å². The van der Waals surface area contributed by atoms with Gasteiger partial charge in [-0.05, 0) is 49.0 Å². The molecule has 0 radical (unpaired) electrons. The Morgan fingerprint density at radius 3 is 1.78 bits per heavy atom. The molecule has 0 aromatic heterocycles. The number of nitrogens with one attached hydrogen (secondary N) is 3. The van der Waals surface area contributed by atoms with Gasteiger partial charge < -0.3 is 26.8 Å². The Balaban J connectivity index is 5.37. The second-order valence-corrected chi connectivity index (χ2v) is 10.3. The van der Waals surface area contributed by atoms with Crippen LogP contribution in [0.1, 0.15) is 60.8 Å². The van der Waals surface area contributed by atoms with Crippen LogP contribution in [0.3, 0.4) is 0 Å². The SMILES string of the molecule is CSCCC(NC(=O)C(NC(=O)C(CC(C)C)NC(=O)C(N)CC(C)C)C(C)C)C(=O)O. The molecule has 6 N–H and O–H groups in total. The number of rotatable bonds is 15. The maximum atomic E-state index is 13.0. The minimum absolute atomic E-state index is 0.113. The summed E-state index contributed by atoms with van der Waals surface area (Å²) in [4.78, 5) is 49.8. The molecule has 0 aliphatic rings. The van der Waals surface area contributed by atoms with E-state index in [1.54, 1.807) is 13.8 Å². The molecule has 9 nitrogen and oxygen atoms in total. The van der Waals surface area contributed by atoms with Crippen molar-refractivity contribution < 1.29 is 24.3 Å².